The zero-order valence-electron chi connectivity index (χ0n) is 39.9. The van der Waals surface area contributed by atoms with Gasteiger partial charge in [0, 0.05) is 13.0 Å². The SMILES string of the molecule is CC/C=C\C/C=C\C/C=C\C/C=C\C/C=C\C/C=C\CCC(=O)OC(COCCCCCCCCC/C=C\C/C=C\C/C=C\C/C=C\CC)COC1OC(CO)C(O)C(OS(=O)(=O)O)C1O. The van der Waals surface area contributed by atoms with Crippen LogP contribution in [0.25, 0.3) is 0 Å². The van der Waals surface area contributed by atoms with Crippen LogP contribution in [0, 0.1) is 0 Å². The summed E-state index contributed by atoms with van der Waals surface area (Å²) in [6, 6.07) is 0. The Hall–Kier alpha value is -3.50. The fraction of sp³-hybridized carbons (Fsp3) is 0.604. The lowest BCUT2D eigenvalue weighted by Crippen LogP contribution is -2.60. The van der Waals surface area contributed by atoms with E-state index in [2.05, 4.69) is 127 Å². The summed E-state index contributed by atoms with van der Waals surface area (Å²) in [5.41, 5.74) is 0. The van der Waals surface area contributed by atoms with E-state index in [9.17, 15) is 33.1 Å². The molecule has 0 saturated carbocycles. The van der Waals surface area contributed by atoms with Crippen molar-refractivity contribution in [3.8, 4) is 0 Å². The highest BCUT2D eigenvalue weighted by Crippen LogP contribution is 2.26. The Kier molecular flexibility index (Phi) is 39.3. The summed E-state index contributed by atoms with van der Waals surface area (Å²) in [5.74, 6) is -0.491. The molecule has 66 heavy (non-hydrogen) atoms. The monoisotopic (exact) mass is 945 g/mol. The van der Waals surface area contributed by atoms with E-state index in [1.807, 2.05) is 12.2 Å². The van der Waals surface area contributed by atoms with Gasteiger partial charge in [-0.2, -0.15) is 8.42 Å². The first-order chi connectivity index (χ1) is 32.1. The molecule has 1 fully saturated rings. The summed E-state index contributed by atoms with van der Waals surface area (Å²) < 4.78 is 59.1. The zero-order valence-corrected chi connectivity index (χ0v) is 40.8. The number of ether oxygens (including phenoxy) is 4. The number of carbonyl (C=O) groups is 1. The topological polar surface area (TPSA) is 178 Å². The Bertz CT molecular complexity index is 1610. The Morgan fingerprint density at radius 1 is 0.576 bits per heavy atom. The van der Waals surface area contributed by atoms with Crippen LogP contribution in [0.3, 0.4) is 0 Å². The fourth-order valence-electron chi connectivity index (χ4n) is 6.51. The number of hydrogen-bond donors (Lipinski definition) is 4. The number of unbranched alkanes of at least 4 members (excludes halogenated alkanes) is 7. The third kappa shape index (κ3) is 35.7. The first kappa shape index (κ1) is 60.5. The van der Waals surface area contributed by atoms with Crippen LogP contribution in [0.2, 0.25) is 0 Å². The van der Waals surface area contributed by atoms with Crippen molar-refractivity contribution in [3.63, 3.8) is 0 Å². The van der Waals surface area contributed by atoms with E-state index >= 15 is 0 Å². The quantitative estimate of drug-likeness (QED) is 0.0198. The molecule has 1 aliphatic heterocycles. The molecule has 1 heterocycles. The largest absolute Gasteiger partial charge is 0.457 e. The predicted octanol–water partition coefficient (Wildman–Crippen LogP) is 11.0. The van der Waals surface area contributed by atoms with E-state index in [1.54, 1.807) is 0 Å². The number of aliphatic hydroxyl groups is 3. The molecule has 374 valence electrons. The highest BCUT2D eigenvalue weighted by molar-refractivity contribution is 7.80. The highest BCUT2D eigenvalue weighted by atomic mass is 32.3. The average molecular weight is 945 g/mol. The summed E-state index contributed by atoms with van der Waals surface area (Å²) in [6.45, 7) is 3.62. The van der Waals surface area contributed by atoms with Gasteiger partial charge in [-0.15, -0.1) is 0 Å². The third-order valence-corrected chi connectivity index (χ3v) is 10.6. The second kappa shape index (κ2) is 42.8. The summed E-state index contributed by atoms with van der Waals surface area (Å²) in [5, 5.41) is 30.7. The molecule has 6 atom stereocenters. The van der Waals surface area contributed by atoms with Gasteiger partial charge in [0.25, 0.3) is 0 Å². The number of rotatable bonds is 40. The van der Waals surface area contributed by atoms with Crippen molar-refractivity contribution in [2.45, 2.75) is 179 Å². The Morgan fingerprint density at radius 3 is 1.45 bits per heavy atom. The smallest absolute Gasteiger partial charge is 0.397 e. The van der Waals surface area contributed by atoms with Crippen molar-refractivity contribution in [3.05, 3.63) is 122 Å². The molecule has 13 heteroatoms. The molecule has 1 saturated heterocycles. The number of carbonyl (C=O) groups excluding carboxylic acids is 1. The lowest BCUT2D eigenvalue weighted by molar-refractivity contribution is -0.301. The standard InChI is InChI=1S/C53H84O12S/c1-3-5-7-9-11-13-15-17-19-21-23-25-27-29-31-33-35-37-39-41-43-61-45-47(46-62-53-51(57)52(65-66(58,59)60)50(56)48(44-54)64-53)63-49(55)42-40-38-36-34-32-30-28-26-24-22-20-18-16-14-12-10-8-6-4-2/h5-8,11-14,17-20,23-26,30,32,36,38,47-48,50-54,56-57H,3-4,9-10,15-16,21-22,27-29,31,33-35,37,39-46H2,1-2H3,(H,58,59,60)/b7-5-,8-6-,13-11-,14-12-,19-17-,20-18-,25-23-,26-24-,32-30-,38-36-. The normalized spacial score (nSPS) is 20.6. The van der Waals surface area contributed by atoms with Gasteiger partial charge in [-0.25, -0.2) is 4.18 Å². The summed E-state index contributed by atoms with van der Waals surface area (Å²) in [7, 11) is -5.08. The van der Waals surface area contributed by atoms with E-state index in [0.717, 1.165) is 96.3 Å². The van der Waals surface area contributed by atoms with Crippen LogP contribution in [0.1, 0.15) is 142 Å². The number of esters is 1. The van der Waals surface area contributed by atoms with Crippen molar-refractivity contribution < 1.29 is 56.2 Å². The van der Waals surface area contributed by atoms with Crippen LogP contribution >= 0.6 is 0 Å². The van der Waals surface area contributed by atoms with E-state index < -0.39 is 59.8 Å². The van der Waals surface area contributed by atoms with Crippen LogP contribution in [-0.2, 0) is 38.3 Å². The molecule has 0 aromatic carbocycles. The molecular weight excluding hydrogens is 861 g/mol. The second-order valence-corrected chi connectivity index (χ2v) is 17.0. The minimum absolute atomic E-state index is 0.0111. The lowest BCUT2D eigenvalue weighted by atomic mass is 9.99. The maximum absolute atomic E-state index is 12.9. The average Bonchev–Trinajstić information content (AvgIpc) is 3.29. The molecule has 0 aliphatic carbocycles. The van der Waals surface area contributed by atoms with Crippen LogP contribution in [-0.4, -0.2) is 97.5 Å². The van der Waals surface area contributed by atoms with Gasteiger partial charge in [-0.1, -0.05) is 167 Å². The molecule has 0 amide bonds. The molecule has 1 rings (SSSR count). The Labute approximate surface area is 398 Å². The number of aliphatic hydroxyl groups excluding tert-OH is 3. The van der Waals surface area contributed by atoms with Gasteiger partial charge in [0.2, 0.25) is 0 Å². The second-order valence-electron chi connectivity index (χ2n) is 15.9. The van der Waals surface area contributed by atoms with Gasteiger partial charge in [0.1, 0.15) is 30.5 Å². The Balaban J connectivity index is 2.47. The number of hydrogen-bond acceptors (Lipinski definition) is 11. The molecule has 6 unspecified atom stereocenters. The molecule has 0 aromatic heterocycles. The first-order valence-electron chi connectivity index (χ1n) is 24.3. The molecule has 12 nitrogen and oxygen atoms in total. The van der Waals surface area contributed by atoms with Gasteiger partial charge in [-0.05, 0) is 89.9 Å². The van der Waals surface area contributed by atoms with Gasteiger partial charge in [0.05, 0.1) is 19.8 Å². The van der Waals surface area contributed by atoms with Gasteiger partial charge >= 0.3 is 16.4 Å². The van der Waals surface area contributed by atoms with Gasteiger partial charge < -0.3 is 34.3 Å². The zero-order chi connectivity index (χ0) is 48.2. The molecule has 0 spiro atoms. The molecule has 0 radical (unpaired) electrons. The van der Waals surface area contributed by atoms with Crippen LogP contribution in [0.4, 0.5) is 0 Å². The Morgan fingerprint density at radius 2 is 1.00 bits per heavy atom. The highest BCUT2D eigenvalue weighted by Gasteiger charge is 2.48. The van der Waals surface area contributed by atoms with Gasteiger partial charge in [0.15, 0.2) is 6.29 Å². The van der Waals surface area contributed by atoms with E-state index in [0.29, 0.717) is 13.0 Å². The van der Waals surface area contributed by atoms with Crippen LogP contribution in [0.15, 0.2) is 122 Å². The predicted molar refractivity (Wildman–Crippen MR) is 266 cm³/mol. The third-order valence-electron chi connectivity index (χ3n) is 10.1. The molecule has 1 aliphatic rings. The van der Waals surface area contributed by atoms with Crippen molar-refractivity contribution in [2.75, 3.05) is 26.4 Å². The van der Waals surface area contributed by atoms with Crippen molar-refractivity contribution in [1.29, 1.82) is 0 Å². The maximum Gasteiger partial charge on any atom is 0.397 e. The van der Waals surface area contributed by atoms with E-state index in [-0.39, 0.29) is 19.6 Å². The van der Waals surface area contributed by atoms with Crippen LogP contribution < -0.4 is 0 Å². The van der Waals surface area contributed by atoms with Crippen molar-refractivity contribution >= 4 is 16.4 Å². The molecular formula is C53H84O12S. The molecule has 0 aromatic rings. The number of allylic oxidation sites excluding steroid dienone is 20. The fourth-order valence-corrected chi connectivity index (χ4v) is 7.02. The first-order valence-corrected chi connectivity index (χ1v) is 25.7. The molecule has 4 N–H and O–H groups in total. The lowest BCUT2D eigenvalue weighted by Gasteiger charge is -2.41. The van der Waals surface area contributed by atoms with E-state index in [1.165, 1.54) is 19.3 Å². The summed E-state index contributed by atoms with van der Waals surface area (Å²) in [4.78, 5) is 12.9. The minimum atomic E-state index is -5.08. The maximum atomic E-state index is 12.9. The van der Waals surface area contributed by atoms with Crippen LogP contribution in [0.5, 0.6) is 0 Å². The van der Waals surface area contributed by atoms with Crippen molar-refractivity contribution in [2.24, 2.45) is 0 Å². The van der Waals surface area contributed by atoms with Gasteiger partial charge in [-0.3, -0.25) is 9.35 Å². The summed E-state index contributed by atoms with van der Waals surface area (Å²) in [6.07, 6.45) is 52.4. The minimum Gasteiger partial charge on any atom is -0.457 e. The summed E-state index contributed by atoms with van der Waals surface area (Å²) >= 11 is 0. The molecule has 0 bridgehead atoms. The van der Waals surface area contributed by atoms with E-state index in [4.69, 9.17) is 18.9 Å². The van der Waals surface area contributed by atoms with Crippen molar-refractivity contribution in [1.82, 2.24) is 0 Å².